The van der Waals surface area contributed by atoms with Crippen LogP contribution in [-0.2, 0) is 4.79 Å². The number of piperidine rings is 1. The van der Waals surface area contributed by atoms with Gasteiger partial charge in [0.15, 0.2) is 0 Å². The number of nitrogens with zero attached hydrogens (tertiary/aromatic N) is 2. The van der Waals surface area contributed by atoms with Crippen LogP contribution < -0.4 is 0 Å². The zero-order valence-corrected chi connectivity index (χ0v) is 15.6. The lowest BCUT2D eigenvalue weighted by atomic mass is 9.96. The van der Waals surface area contributed by atoms with Crippen molar-refractivity contribution in [2.45, 2.75) is 31.7 Å². The molecule has 2 aliphatic rings. The van der Waals surface area contributed by atoms with E-state index in [2.05, 4.69) is 53.4 Å². The summed E-state index contributed by atoms with van der Waals surface area (Å²) in [5.41, 5.74) is 3.71. The molecule has 0 bridgehead atoms. The largest absolute Gasteiger partial charge is 0.338 e. The molecule has 0 N–H and O–H groups in total. The van der Waals surface area contributed by atoms with Crippen LogP contribution >= 0.6 is 0 Å². The normalized spacial score (nSPS) is 24.2. The van der Waals surface area contributed by atoms with Gasteiger partial charge < -0.3 is 9.80 Å². The highest BCUT2D eigenvalue weighted by atomic mass is 16.2. The van der Waals surface area contributed by atoms with Gasteiger partial charge in [-0.25, -0.2) is 0 Å². The first kappa shape index (κ1) is 17.3. The van der Waals surface area contributed by atoms with Gasteiger partial charge in [0.1, 0.15) is 0 Å². The maximum absolute atomic E-state index is 12.8. The summed E-state index contributed by atoms with van der Waals surface area (Å²) in [6.45, 7) is 3.25. The van der Waals surface area contributed by atoms with Gasteiger partial charge in [-0.3, -0.25) is 4.79 Å². The van der Waals surface area contributed by atoms with Gasteiger partial charge in [-0.05, 0) is 49.0 Å². The van der Waals surface area contributed by atoms with Gasteiger partial charge in [0.25, 0.3) is 0 Å². The van der Waals surface area contributed by atoms with Crippen LogP contribution in [0.2, 0.25) is 0 Å². The van der Waals surface area contributed by atoms with Crippen LogP contribution in [0, 0.1) is 5.92 Å². The van der Waals surface area contributed by atoms with Crippen molar-refractivity contribution in [3.63, 3.8) is 0 Å². The molecule has 0 aromatic heterocycles. The topological polar surface area (TPSA) is 23.6 Å². The number of hydrogen-bond acceptors (Lipinski definition) is 2. The predicted molar refractivity (Wildman–Crippen MR) is 106 cm³/mol. The van der Waals surface area contributed by atoms with E-state index in [0.717, 1.165) is 26.1 Å². The molecule has 1 amide bonds. The van der Waals surface area contributed by atoms with Crippen molar-refractivity contribution in [2.24, 2.45) is 5.92 Å². The number of likely N-dealkylation sites (tertiary alicyclic amines) is 2. The Balaban J connectivity index is 1.46. The van der Waals surface area contributed by atoms with E-state index in [1.807, 2.05) is 18.0 Å². The van der Waals surface area contributed by atoms with Crippen molar-refractivity contribution < 1.29 is 4.79 Å². The number of carbonyl (C=O) groups is 1. The second kappa shape index (κ2) is 7.63. The van der Waals surface area contributed by atoms with E-state index in [0.29, 0.717) is 5.91 Å². The number of carbonyl (C=O) groups excluding carboxylic acids is 1. The average molecular weight is 348 g/mol. The minimum absolute atomic E-state index is 0.150. The molecule has 0 unspecified atom stereocenters. The lowest BCUT2D eigenvalue weighted by Crippen LogP contribution is -2.36. The summed E-state index contributed by atoms with van der Waals surface area (Å²) < 4.78 is 0. The van der Waals surface area contributed by atoms with Crippen LogP contribution in [0.3, 0.4) is 0 Å². The van der Waals surface area contributed by atoms with Crippen LogP contribution in [0.5, 0.6) is 0 Å². The van der Waals surface area contributed by atoms with Crippen molar-refractivity contribution in [1.82, 2.24) is 9.80 Å². The summed E-state index contributed by atoms with van der Waals surface area (Å²) >= 11 is 0. The molecule has 0 spiro atoms. The van der Waals surface area contributed by atoms with Crippen LogP contribution in [0.15, 0.2) is 54.6 Å². The molecule has 2 heterocycles. The highest BCUT2D eigenvalue weighted by molar-refractivity contribution is 5.81. The fraction of sp³-hybridized carbons (Fsp3) is 0.435. The fourth-order valence-electron chi connectivity index (χ4n) is 4.46. The van der Waals surface area contributed by atoms with Crippen molar-refractivity contribution in [3.8, 4) is 11.1 Å². The minimum atomic E-state index is 0.150. The Morgan fingerprint density at radius 1 is 0.885 bits per heavy atom. The summed E-state index contributed by atoms with van der Waals surface area (Å²) in [6, 6.07) is 19.4. The first-order chi connectivity index (χ1) is 12.7. The summed E-state index contributed by atoms with van der Waals surface area (Å²) in [5, 5.41) is 0. The van der Waals surface area contributed by atoms with Gasteiger partial charge >= 0.3 is 0 Å². The molecule has 3 heteroatoms. The number of hydrogen-bond donors (Lipinski definition) is 0. The maximum atomic E-state index is 12.8. The molecule has 2 aromatic carbocycles. The Bertz CT molecular complexity index is 735. The third kappa shape index (κ3) is 3.54. The van der Waals surface area contributed by atoms with E-state index in [-0.39, 0.29) is 12.0 Å². The first-order valence-electron chi connectivity index (χ1n) is 9.87. The number of benzene rings is 2. The van der Waals surface area contributed by atoms with Gasteiger partial charge in [0.05, 0.1) is 12.0 Å². The molecule has 2 fully saturated rings. The highest BCUT2D eigenvalue weighted by Gasteiger charge is 2.38. The molecule has 0 aliphatic carbocycles. The zero-order valence-electron chi connectivity index (χ0n) is 15.6. The molecule has 3 nitrogen and oxygen atoms in total. The molecule has 0 radical (unpaired) electrons. The molecule has 2 aromatic rings. The smallest absolute Gasteiger partial charge is 0.227 e. The van der Waals surface area contributed by atoms with Gasteiger partial charge in [-0.15, -0.1) is 0 Å². The van der Waals surface area contributed by atoms with Gasteiger partial charge in [-0.1, -0.05) is 61.0 Å². The van der Waals surface area contributed by atoms with Crippen LogP contribution in [0.1, 0.15) is 37.3 Å². The van der Waals surface area contributed by atoms with Gasteiger partial charge in [-0.2, -0.15) is 0 Å². The monoisotopic (exact) mass is 348 g/mol. The van der Waals surface area contributed by atoms with Crippen LogP contribution in [0.4, 0.5) is 0 Å². The quantitative estimate of drug-likeness (QED) is 0.820. The maximum Gasteiger partial charge on any atom is 0.227 e. The minimum Gasteiger partial charge on any atom is -0.338 e. The Morgan fingerprint density at radius 2 is 1.54 bits per heavy atom. The highest BCUT2D eigenvalue weighted by Crippen LogP contribution is 2.36. The van der Waals surface area contributed by atoms with E-state index >= 15 is 0 Å². The second-order valence-corrected chi connectivity index (χ2v) is 7.75. The van der Waals surface area contributed by atoms with E-state index in [1.54, 1.807) is 0 Å². The number of rotatable bonds is 4. The zero-order chi connectivity index (χ0) is 17.9. The van der Waals surface area contributed by atoms with Gasteiger partial charge in [0.2, 0.25) is 5.91 Å². The van der Waals surface area contributed by atoms with E-state index in [9.17, 15) is 4.79 Å². The molecule has 4 rings (SSSR count). The predicted octanol–water partition coefficient (Wildman–Crippen LogP) is 4.36. The summed E-state index contributed by atoms with van der Waals surface area (Å²) in [7, 11) is 1.97. The van der Waals surface area contributed by atoms with Crippen LogP contribution in [0.25, 0.3) is 11.1 Å². The van der Waals surface area contributed by atoms with Crippen molar-refractivity contribution >= 4 is 5.91 Å². The van der Waals surface area contributed by atoms with E-state index in [4.69, 9.17) is 0 Å². The van der Waals surface area contributed by atoms with Crippen LogP contribution in [-0.4, -0.2) is 42.4 Å². The van der Waals surface area contributed by atoms with Crippen molar-refractivity contribution in [3.05, 3.63) is 60.2 Å². The summed E-state index contributed by atoms with van der Waals surface area (Å²) in [5.74, 6) is 0.463. The van der Waals surface area contributed by atoms with Crippen molar-refractivity contribution in [1.29, 1.82) is 0 Å². The molecule has 2 saturated heterocycles. The summed E-state index contributed by atoms with van der Waals surface area (Å²) in [6.07, 6.45) is 4.84. The third-order valence-corrected chi connectivity index (χ3v) is 6.00. The first-order valence-corrected chi connectivity index (χ1v) is 9.87. The molecular weight excluding hydrogens is 320 g/mol. The Hall–Kier alpha value is -2.13. The summed E-state index contributed by atoms with van der Waals surface area (Å²) in [4.78, 5) is 17.2. The van der Waals surface area contributed by atoms with E-state index < -0.39 is 0 Å². The molecule has 2 aliphatic heterocycles. The third-order valence-electron chi connectivity index (χ3n) is 6.00. The SMILES string of the molecule is CN1C(=O)[C@@H](CN2CCCCC2)C[C@H]1c1ccc(-c2ccccc2)cc1. The average Bonchev–Trinajstić information content (AvgIpc) is 2.98. The van der Waals surface area contributed by atoms with Crippen molar-refractivity contribution in [2.75, 3.05) is 26.7 Å². The molecule has 2 atom stereocenters. The molecule has 0 saturated carbocycles. The molecular formula is C23H28N2O. The van der Waals surface area contributed by atoms with Gasteiger partial charge in [0, 0.05) is 13.6 Å². The Kier molecular flexibility index (Phi) is 5.07. The second-order valence-electron chi connectivity index (χ2n) is 7.75. The lowest BCUT2D eigenvalue weighted by Gasteiger charge is -2.28. The fourth-order valence-corrected chi connectivity index (χ4v) is 4.46. The molecule has 136 valence electrons. The standard InChI is InChI=1S/C23H28N2O/c1-24-22(16-21(23(24)26)17-25-14-6-3-7-15-25)20-12-10-19(11-13-20)18-8-4-2-5-9-18/h2,4-5,8-13,21-22H,3,6-7,14-17H2,1H3/t21-,22+/m1/s1. The Labute approximate surface area is 156 Å². The van der Waals surface area contributed by atoms with E-state index in [1.165, 1.54) is 36.0 Å². The number of amides is 1. The Morgan fingerprint density at radius 3 is 2.23 bits per heavy atom. The lowest BCUT2D eigenvalue weighted by molar-refractivity contribution is -0.131. The molecule has 26 heavy (non-hydrogen) atoms.